The third-order valence-corrected chi connectivity index (χ3v) is 5.85. The van der Waals surface area contributed by atoms with Gasteiger partial charge in [0.1, 0.15) is 5.60 Å². The minimum atomic E-state index is -0.539. The number of rotatable bonds is 4. The molecule has 0 radical (unpaired) electrons. The molecule has 0 saturated heterocycles. The standard InChI is InChI=1S/C18H31N3O3/c1-16(2,3)24-15(23)19-10-8-14(22)21-20-13-11-12-7-9-18(13,6)17(12,4)5/h12H,7-11H2,1-6H3,(H,19,23)(H,21,22)/b20-13-/t12-,18+/m0/s1. The summed E-state index contributed by atoms with van der Waals surface area (Å²) in [6.45, 7) is 12.5. The molecule has 6 heteroatoms. The zero-order valence-electron chi connectivity index (χ0n) is 15.8. The molecule has 0 aromatic heterocycles. The van der Waals surface area contributed by atoms with E-state index in [0.717, 1.165) is 18.6 Å². The molecule has 136 valence electrons. The van der Waals surface area contributed by atoms with Crippen molar-refractivity contribution in [1.82, 2.24) is 10.7 Å². The second-order valence-electron chi connectivity index (χ2n) is 8.77. The number of carbonyl (C=O) groups excluding carboxylic acids is 2. The van der Waals surface area contributed by atoms with Crippen LogP contribution in [0.15, 0.2) is 5.10 Å². The summed E-state index contributed by atoms with van der Waals surface area (Å²) >= 11 is 0. The van der Waals surface area contributed by atoms with Crippen LogP contribution in [0.3, 0.4) is 0 Å². The van der Waals surface area contributed by atoms with Crippen LogP contribution in [0, 0.1) is 16.7 Å². The number of amides is 2. The van der Waals surface area contributed by atoms with Gasteiger partial charge in [-0.25, -0.2) is 10.2 Å². The first kappa shape index (κ1) is 18.7. The first-order valence-electron chi connectivity index (χ1n) is 8.78. The Balaban J connectivity index is 1.77. The Hall–Kier alpha value is -1.59. The Morgan fingerprint density at radius 1 is 1.29 bits per heavy atom. The second kappa shape index (κ2) is 6.37. The number of hydrazone groups is 1. The molecule has 2 fully saturated rings. The SMILES string of the molecule is CC(C)(C)OC(=O)NCCC(=O)N/N=C1/C[C@@H]2CC[C@@]1(C)C2(C)C. The lowest BCUT2D eigenvalue weighted by atomic mass is 9.70. The average Bonchev–Trinajstić information content (AvgIpc) is 2.75. The molecule has 2 aliphatic carbocycles. The smallest absolute Gasteiger partial charge is 0.407 e. The van der Waals surface area contributed by atoms with Gasteiger partial charge in [-0.3, -0.25) is 4.79 Å². The van der Waals surface area contributed by atoms with Crippen molar-refractivity contribution in [3.8, 4) is 0 Å². The van der Waals surface area contributed by atoms with Crippen molar-refractivity contribution in [3.63, 3.8) is 0 Å². The normalized spacial score (nSPS) is 29.6. The van der Waals surface area contributed by atoms with E-state index in [1.54, 1.807) is 20.8 Å². The molecule has 0 unspecified atom stereocenters. The van der Waals surface area contributed by atoms with Gasteiger partial charge in [-0.2, -0.15) is 5.10 Å². The van der Waals surface area contributed by atoms with Crippen molar-refractivity contribution < 1.29 is 14.3 Å². The van der Waals surface area contributed by atoms with Crippen molar-refractivity contribution in [2.45, 2.75) is 72.8 Å². The summed E-state index contributed by atoms with van der Waals surface area (Å²) in [6.07, 6.45) is 3.03. The lowest BCUT2D eigenvalue weighted by Crippen LogP contribution is -2.36. The van der Waals surface area contributed by atoms with Crippen molar-refractivity contribution in [3.05, 3.63) is 0 Å². The van der Waals surface area contributed by atoms with Crippen LogP contribution in [0.2, 0.25) is 0 Å². The van der Waals surface area contributed by atoms with E-state index in [-0.39, 0.29) is 29.7 Å². The van der Waals surface area contributed by atoms with E-state index in [4.69, 9.17) is 4.74 Å². The highest BCUT2D eigenvalue weighted by molar-refractivity contribution is 5.95. The van der Waals surface area contributed by atoms with Crippen LogP contribution in [-0.2, 0) is 9.53 Å². The Morgan fingerprint density at radius 3 is 2.46 bits per heavy atom. The fourth-order valence-electron chi connectivity index (χ4n) is 3.88. The van der Waals surface area contributed by atoms with Crippen LogP contribution in [0.4, 0.5) is 4.79 Å². The zero-order valence-corrected chi connectivity index (χ0v) is 15.8. The number of hydrogen-bond donors (Lipinski definition) is 2. The maximum atomic E-state index is 11.9. The molecular formula is C18H31N3O3. The van der Waals surface area contributed by atoms with E-state index in [1.165, 1.54) is 6.42 Å². The molecule has 2 bridgehead atoms. The average molecular weight is 337 g/mol. The summed E-state index contributed by atoms with van der Waals surface area (Å²) < 4.78 is 5.12. The highest BCUT2D eigenvalue weighted by Crippen LogP contribution is 2.63. The van der Waals surface area contributed by atoms with E-state index in [9.17, 15) is 9.59 Å². The van der Waals surface area contributed by atoms with Crippen molar-refractivity contribution in [2.75, 3.05) is 6.54 Å². The van der Waals surface area contributed by atoms with Crippen LogP contribution in [0.1, 0.15) is 67.2 Å². The van der Waals surface area contributed by atoms with Crippen molar-refractivity contribution in [1.29, 1.82) is 0 Å². The molecule has 0 spiro atoms. The van der Waals surface area contributed by atoms with E-state index in [1.807, 2.05) is 0 Å². The highest BCUT2D eigenvalue weighted by Gasteiger charge is 2.59. The first-order valence-corrected chi connectivity index (χ1v) is 8.78. The predicted octanol–water partition coefficient (Wildman–Crippen LogP) is 3.22. The maximum absolute atomic E-state index is 11.9. The predicted molar refractivity (Wildman–Crippen MR) is 93.7 cm³/mol. The molecule has 2 N–H and O–H groups in total. The van der Waals surface area contributed by atoms with Crippen LogP contribution in [0.5, 0.6) is 0 Å². The number of hydrogen-bond acceptors (Lipinski definition) is 4. The fraction of sp³-hybridized carbons (Fsp3) is 0.833. The second-order valence-corrected chi connectivity index (χ2v) is 8.77. The van der Waals surface area contributed by atoms with Gasteiger partial charge in [0.2, 0.25) is 5.91 Å². The van der Waals surface area contributed by atoms with Gasteiger partial charge >= 0.3 is 6.09 Å². The van der Waals surface area contributed by atoms with E-state index < -0.39 is 11.7 Å². The molecule has 2 amide bonds. The van der Waals surface area contributed by atoms with Crippen LogP contribution >= 0.6 is 0 Å². The number of nitrogens with zero attached hydrogens (tertiary/aromatic N) is 1. The highest BCUT2D eigenvalue weighted by atomic mass is 16.6. The molecule has 0 aliphatic heterocycles. The van der Waals surface area contributed by atoms with Crippen molar-refractivity contribution in [2.24, 2.45) is 21.8 Å². The van der Waals surface area contributed by atoms with Crippen LogP contribution in [-0.4, -0.2) is 29.9 Å². The summed E-state index contributed by atoms with van der Waals surface area (Å²) in [5, 5.41) is 6.98. The van der Waals surface area contributed by atoms with Gasteiger partial charge in [-0.1, -0.05) is 20.8 Å². The molecule has 2 aliphatic rings. The Labute approximate surface area is 144 Å². The van der Waals surface area contributed by atoms with Crippen LogP contribution in [0.25, 0.3) is 0 Å². The van der Waals surface area contributed by atoms with Gasteiger partial charge in [-0.05, 0) is 51.4 Å². The largest absolute Gasteiger partial charge is 0.444 e. The molecule has 2 saturated carbocycles. The number of nitrogens with one attached hydrogen (secondary N) is 2. The van der Waals surface area contributed by atoms with Gasteiger partial charge in [0.25, 0.3) is 0 Å². The fourth-order valence-corrected chi connectivity index (χ4v) is 3.88. The van der Waals surface area contributed by atoms with Gasteiger partial charge in [0.05, 0.1) is 0 Å². The quantitative estimate of drug-likeness (QED) is 0.773. The zero-order chi connectivity index (χ0) is 18.2. The molecule has 24 heavy (non-hydrogen) atoms. The first-order chi connectivity index (χ1) is 11.0. The van der Waals surface area contributed by atoms with Gasteiger partial charge in [0.15, 0.2) is 0 Å². The summed E-state index contributed by atoms with van der Waals surface area (Å²) in [5.74, 6) is 0.467. The number of fused-ring (bicyclic) bond motifs is 2. The number of carbonyl (C=O) groups is 2. The van der Waals surface area contributed by atoms with Crippen molar-refractivity contribution >= 4 is 17.7 Å². The summed E-state index contributed by atoms with van der Waals surface area (Å²) in [7, 11) is 0. The van der Waals surface area contributed by atoms with E-state index >= 15 is 0 Å². The lowest BCUT2D eigenvalue weighted by Gasteiger charge is -2.34. The monoisotopic (exact) mass is 337 g/mol. The number of ether oxygens (including phenoxy) is 1. The van der Waals surface area contributed by atoms with Gasteiger partial charge in [0, 0.05) is 24.1 Å². The molecule has 0 heterocycles. The summed E-state index contributed by atoms with van der Waals surface area (Å²) in [5.41, 5.74) is 3.55. The Morgan fingerprint density at radius 2 is 1.96 bits per heavy atom. The molecular weight excluding hydrogens is 306 g/mol. The van der Waals surface area contributed by atoms with Gasteiger partial charge in [-0.15, -0.1) is 0 Å². The summed E-state index contributed by atoms with van der Waals surface area (Å²) in [4.78, 5) is 23.4. The molecule has 0 aromatic rings. The minimum absolute atomic E-state index is 0.0830. The molecule has 2 atom stereocenters. The third-order valence-electron chi connectivity index (χ3n) is 5.85. The maximum Gasteiger partial charge on any atom is 0.407 e. The Bertz CT molecular complexity index is 548. The van der Waals surface area contributed by atoms with E-state index in [0.29, 0.717) is 5.92 Å². The summed E-state index contributed by atoms with van der Waals surface area (Å²) in [6, 6.07) is 0. The third kappa shape index (κ3) is 3.73. The molecule has 6 nitrogen and oxygen atoms in total. The molecule has 2 rings (SSSR count). The van der Waals surface area contributed by atoms with Crippen LogP contribution < -0.4 is 10.7 Å². The van der Waals surface area contributed by atoms with Gasteiger partial charge < -0.3 is 10.1 Å². The topological polar surface area (TPSA) is 79.8 Å². The Kier molecular flexibility index (Phi) is 4.98. The lowest BCUT2D eigenvalue weighted by molar-refractivity contribution is -0.120. The van der Waals surface area contributed by atoms with E-state index in [2.05, 4.69) is 36.6 Å². The molecule has 0 aromatic carbocycles. The number of alkyl carbamates (subject to hydrolysis) is 1. The minimum Gasteiger partial charge on any atom is -0.444 e.